The summed E-state index contributed by atoms with van der Waals surface area (Å²) in [6.07, 6.45) is 19.3. The summed E-state index contributed by atoms with van der Waals surface area (Å²) in [6.45, 7) is 2.41. The van der Waals surface area contributed by atoms with Gasteiger partial charge in [-0.3, -0.25) is 4.79 Å². The number of unbranched alkanes of at least 4 members (excludes halogenated alkanes) is 4. The van der Waals surface area contributed by atoms with E-state index in [4.69, 9.17) is 9.84 Å². The summed E-state index contributed by atoms with van der Waals surface area (Å²) in [5.74, 6) is -1.42. The van der Waals surface area contributed by atoms with Gasteiger partial charge < -0.3 is 19.5 Å². The maximum absolute atomic E-state index is 10.8. The van der Waals surface area contributed by atoms with Crippen molar-refractivity contribution in [3.8, 4) is 0 Å². The number of carboxylic acid groups (broad SMARTS) is 1. The number of benzene rings is 1. The second kappa shape index (κ2) is 18.4. The third-order valence-electron chi connectivity index (χ3n) is 6.49. The van der Waals surface area contributed by atoms with Gasteiger partial charge in [-0.15, -0.1) is 0 Å². The Bertz CT molecular complexity index is 645. The monoisotopic (exact) mass is 459 g/mol. The molecular weight excluding hydrogens is 414 g/mol. The zero-order valence-corrected chi connectivity index (χ0v) is 21.0. The third kappa shape index (κ3) is 12.2. The average molecular weight is 460 g/mol. The fourth-order valence-electron chi connectivity index (χ4n) is 4.45. The van der Waals surface area contributed by atoms with Crippen molar-refractivity contribution in [3.63, 3.8) is 0 Å². The Kier molecular flexibility index (Phi) is 16.2. The quantitative estimate of drug-likeness (QED) is 0.241. The van der Waals surface area contributed by atoms with Gasteiger partial charge in [-0.1, -0.05) is 68.7 Å². The summed E-state index contributed by atoms with van der Waals surface area (Å²) < 4.78 is 4.84. The molecule has 2 bridgehead atoms. The topological polar surface area (TPSA) is 66.8 Å². The van der Waals surface area contributed by atoms with Gasteiger partial charge in [-0.05, 0) is 57.6 Å². The summed E-state index contributed by atoms with van der Waals surface area (Å²) in [6, 6.07) is 11.0. The Hall–Kier alpha value is -1.98. The summed E-state index contributed by atoms with van der Waals surface area (Å²) in [4.78, 5) is 23.3. The van der Waals surface area contributed by atoms with E-state index in [1.54, 1.807) is 12.1 Å². The number of methoxy groups -OCH3 is 1. The van der Waals surface area contributed by atoms with Crippen molar-refractivity contribution in [2.75, 3.05) is 20.8 Å². The first-order valence-electron chi connectivity index (χ1n) is 12.6. The molecule has 2 fully saturated rings. The number of nitrogens with zero attached hydrogens (tertiary/aromatic N) is 1. The fourth-order valence-corrected chi connectivity index (χ4v) is 4.45. The minimum Gasteiger partial charge on any atom is -0.481 e. The summed E-state index contributed by atoms with van der Waals surface area (Å²) in [5, 5.41) is 8.88. The van der Waals surface area contributed by atoms with Crippen molar-refractivity contribution < 1.29 is 19.4 Å². The van der Waals surface area contributed by atoms with Gasteiger partial charge >= 0.3 is 5.97 Å². The predicted octanol–water partition coefficient (Wildman–Crippen LogP) is 6.24. The molecule has 33 heavy (non-hydrogen) atoms. The van der Waals surface area contributed by atoms with E-state index in [1.807, 2.05) is 18.2 Å². The highest BCUT2D eigenvalue weighted by Gasteiger charge is 2.33. The van der Waals surface area contributed by atoms with E-state index < -0.39 is 11.9 Å². The molecule has 0 amide bonds. The van der Waals surface area contributed by atoms with E-state index in [2.05, 4.69) is 31.0 Å². The maximum Gasteiger partial charge on any atom is 0.313 e. The van der Waals surface area contributed by atoms with Crippen LogP contribution in [0.2, 0.25) is 0 Å². The Morgan fingerprint density at radius 2 is 1.70 bits per heavy atom. The first kappa shape index (κ1) is 29.1. The molecule has 0 radical (unpaired) electrons. The number of aliphatic carboxylic acids is 1. The SMILES string of the molecule is CCCCC/C=C\CCC=O.CN1C2CCCC1CC2.COCC(C(=O)O)c1ccccc1. The molecule has 1 aromatic carbocycles. The third-order valence-corrected chi connectivity index (χ3v) is 6.49. The Labute approximate surface area is 201 Å². The summed E-state index contributed by atoms with van der Waals surface area (Å²) in [7, 11) is 3.79. The molecule has 5 nitrogen and oxygen atoms in total. The van der Waals surface area contributed by atoms with Crippen LogP contribution in [0.5, 0.6) is 0 Å². The standard InChI is InChI=1S/C10H12O3.C10H18O.C8H15N/c1-13-7-9(10(11)12)8-5-3-2-4-6-8;1-2-3-4-5-6-7-8-9-10-11;1-9-7-3-2-4-8(9)6-5-7/h2-6,9H,7H2,1H3,(H,11,12);6-7,10H,2-5,8-9H2,1H3;7-8H,2-6H2,1H3/b;7-6-;. The van der Waals surface area contributed by atoms with Crippen LogP contribution in [-0.2, 0) is 14.3 Å². The van der Waals surface area contributed by atoms with Crippen LogP contribution in [-0.4, -0.2) is 55.1 Å². The van der Waals surface area contributed by atoms with Gasteiger partial charge in [0, 0.05) is 25.6 Å². The van der Waals surface area contributed by atoms with Crippen molar-refractivity contribution in [2.45, 2.75) is 95.6 Å². The Morgan fingerprint density at radius 1 is 1.06 bits per heavy atom. The largest absolute Gasteiger partial charge is 0.481 e. The van der Waals surface area contributed by atoms with E-state index >= 15 is 0 Å². The number of ether oxygens (including phenoxy) is 1. The molecule has 2 aliphatic heterocycles. The second-order valence-electron chi connectivity index (χ2n) is 8.95. The highest BCUT2D eigenvalue weighted by Crippen LogP contribution is 2.33. The number of piperidine rings is 1. The molecule has 3 rings (SSSR count). The Morgan fingerprint density at radius 3 is 2.21 bits per heavy atom. The van der Waals surface area contributed by atoms with Crippen molar-refractivity contribution in [3.05, 3.63) is 48.0 Å². The van der Waals surface area contributed by atoms with Crippen LogP contribution in [0.25, 0.3) is 0 Å². The van der Waals surface area contributed by atoms with Gasteiger partial charge in [0.25, 0.3) is 0 Å². The normalized spacial score (nSPS) is 20.3. The van der Waals surface area contributed by atoms with Gasteiger partial charge in [0.2, 0.25) is 0 Å². The molecule has 0 saturated carbocycles. The van der Waals surface area contributed by atoms with Gasteiger partial charge in [-0.25, -0.2) is 0 Å². The summed E-state index contributed by atoms with van der Waals surface area (Å²) in [5.41, 5.74) is 0.775. The first-order valence-corrected chi connectivity index (χ1v) is 12.6. The molecule has 2 saturated heterocycles. The van der Waals surface area contributed by atoms with Gasteiger partial charge in [0.15, 0.2) is 0 Å². The lowest BCUT2D eigenvalue weighted by molar-refractivity contribution is -0.140. The van der Waals surface area contributed by atoms with Crippen molar-refractivity contribution in [2.24, 2.45) is 0 Å². The van der Waals surface area contributed by atoms with E-state index in [9.17, 15) is 9.59 Å². The first-order chi connectivity index (χ1) is 16.0. The number of carbonyl (C=O) groups excluding carboxylic acids is 1. The highest BCUT2D eigenvalue weighted by atomic mass is 16.5. The molecule has 2 aliphatic rings. The highest BCUT2D eigenvalue weighted by molar-refractivity contribution is 5.76. The number of hydrogen-bond donors (Lipinski definition) is 1. The van der Waals surface area contributed by atoms with E-state index in [0.29, 0.717) is 6.42 Å². The zero-order chi connectivity index (χ0) is 24.3. The smallest absolute Gasteiger partial charge is 0.313 e. The van der Waals surface area contributed by atoms with Crippen molar-refractivity contribution in [1.29, 1.82) is 0 Å². The predicted molar refractivity (Wildman–Crippen MR) is 136 cm³/mol. The van der Waals surface area contributed by atoms with Gasteiger partial charge in [0.05, 0.1) is 6.61 Å². The average Bonchev–Trinajstić information content (AvgIpc) is 3.02. The molecule has 5 heteroatoms. The minimum atomic E-state index is -0.854. The lowest BCUT2D eigenvalue weighted by Crippen LogP contribution is -2.35. The van der Waals surface area contributed by atoms with Crippen LogP contribution >= 0.6 is 0 Å². The van der Waals surface area contributed by atoms with E-state index in [-0.39, 0.29) is 6.61 Å². The van der Waals surface area contributed by atoms with Crippen LogP contribution < -0.4 is 0 Å². The lowest BCUT2D eigenvalue weighted by atomic mass is 10.0. The van der Waals surface area contributed by atoms with Crippen molar-refractivity contribution >= 4 is 12.3 Å². The maximum atomic E-state index is 10.8. The number of allylic oxidation sites excluding steroid dienone is 2. The molecule has 2 heterocycles. The fraction of sp³-hybridized carbons (Fsp3) is 0.643. The molecule has 0 aromatic heterocycles. The van der Waals surface area contributed by atoms with Crippen LogP contribution in [0.15, 0.2) is 42.5 Å². The van der Waals surface area contributed by atoms with Crippen LogP contribution in [0, 0.1) is 0 Å². The zero-order valence-electron chi connectivity index (χ0n) is 21.0. The number of rotatable bonds is 11. The van der Waals surface area contributed by atoms with E-state index in [0.717, 1.165) is 30.4 Å². The number of aldehydes is 1. The lowest BCUT2D eigenvalue weighted by Gasteiger charge is -2.30. The molecule has 186 valence electrons. The molecule has 1 N–H and O–H groups in total. The molecule has 3 unspecified atom stereocenters. The van der Waals surface area contributed by atoms with Crippen LogP contribution in [0.1, 0.15) is 89.0 Å². The van der Waals surface area contributed by atoms with Crippen molar-refractivity contribution in [1.82, 2.24) is 4.90 Å². The molecule has 0 spiro atoms. The number of fused-ring (bicyclic) bond motifs is 2. The number of carbonyl (C=O) groups is 2. The van der Waals surface area contributed by atoms with E-state index in [1.165, 1.54) is 64.9 Å². The molecule has 0 aliphatic carbocycles. The van der Waals surface area contributed by atoms with Gasteiger partial charge in [-0.2, -0.15) is 0 Å². The molecular formula is C28H45NO4. The molecule has 1 aromatic rings. The summed E-state index contributed by atoms with van der Waals surface area (Å²) >= 11 is 0. The van der Waals surface area contributed by atoms with Crippen LogP contribution in [0.3, 0.4) is 0 Å². The number of carboxylic acids is 1. The number of hydrogen-bond acceptors (Lipinski definition) is 4. The van der Waals surface area contributed by atoms with Crippen LogP contribution in [0.4, 0.5) is 0 Å². The second-order valence-corrected chi connectivity index (χ2v) is 8.95. The van der Waals surface area contributed by atoms with Gasteiger partial charge in [0.1, 0.15) is 12.2 Å². The minimum absolute atomic E-state index is 0.208. The molecule has 3 atom stereocenters. The Balaban J connectivity index is 0.000000251.